The summed E-state index contributed by atoms with van der Waals surface area (Å²) >= 11 is 0. The highest BCUT2D eigenvalue weighted by Gasteiger charge is 2.06. The molecule has 7 heteroatoms. The van der Waals surface area contributed by atoms with Crippen molar-refractivity contribution in [3.8, 4) is 5.75 Å². The number of hydrogen-bond donors (Lipinski definition) is 1. The predicted octanol–water partition coefficient (Wildman–Crippen LogP) is 0.765. The first-order valence-corrected chi connectivity index (χ1v) is 6.84. The molecule has 18 heavy (non-hydrogen) atoms. The summed E-state index contributed by atoms with van der Waals surface area (Å²) in [5.41, 5.74) is 0.879. The number of benzene rings is 1. The molecule has 100 valence electrons. The van der Waals surface area contributed by atoms with E-state index in [0.717, 1.165) is 5.56 Å². The Bertz CT molecular complexity index is 495. The zero-order chi connectivity index (χ0) is 13.6. The average Bonchev–Trinajstić information content (AvgIpc) is 2.26. The van der Waals surface area contributed by atoms with Gasteiger partial charge in [0.05, 0.1) is 6.61 Å². The van der Waals surface area contributed by atoms with Crippen LogP contribution in [0.25, 0.3) is 0 Å². The van der Waals surface area contributed by atoms with Gasteiger partial charge in [0.25, 0.3) is 0 Å². The number of esters is 1. The van der Waals surface area contributed by atoms with Crippen molar-refractivity contribution >= 4 is 16.3 Å². The summed E-state index contributed by atoms with van der Waals surface area (Å²) in [6, 6.07) is 6.29. The summed E-state index contributed by atoms with van der Waals surface area (Å²) in [5, 5.41) is 4.73. The van der Waals surface area contributed by atoms with Crippen LogP contribution in [0.15, 0.2) is 24.3 Å². The summed E-state index contributed by atoms with van der Waals surface area (Å²) in [6.45, 7) is 2.11. The molecule has 1 aromatic carbocycles. The minimum absolute atomic E-state index is 0.136. The van der Waals surface area contributed by atoms with Crippen LogP contribution in [0, 0.1) is 0 Å². The van der Waals surface area contributed by atoms with Crippen LogP contribution < -0.4 is 9.32 Å². The van der Waals surface area contributed by atoms with E-state index in [4.69, 9.17) is 9.88 Å². The maximum absolute atomic E-state index is 11.1. The van der Waals surface area contributed by atoms with Gasteiger partial charge in [0.15, 0.2) is 0 Å². The van der Waals surface area contributed by atoms with Gasteiger partial charge in [0.1, 0.15) is 5.75 Å². The van der Waals surface area contributed by atoms with Crippen molar-refractivity contribution in [2.24, 2.45) is 5.14 Å². The number of hydrogen-bond acceptors (Lipinski definition) is 5. The van der Waals surface area contributed by atoms with Crippen molar-refractivity contribution in [3.63, 3.8) is 0 Å². The summed E-state index contributed by atoms with van der Waals surface area (Å²) < 4.78 is 30.6. The molecule has 6 nitrogen and oxygen atoms in total. The lowest BCUT2D eigenvalue weighted by Crippen LogP contribution is -2.18. The first-order valence-electron chi connectivity index (χ1n) is 5.37. The van der Waals surface area contributed by atoms with Crippen LogP contribution in [0.3, 0.4) is 0 Å². The van der Waals surface area contributed by atoms with E-state index in [2.05, 4.69) is 4.18 Å². The highest BCUT2D eigenvalue weighted by atomic mass is 32.2. The van der Waals surface area contributed by atoms with Crippen molar-refractivity contribution in [2.75, 3.05) is 6.61 Å². The topological polar surface area (TPSA) is 95.7 Å². The molecule has 0 amide bonds. The van der Waals surface area contributed by atoms with Crippen molar-refractivity contribution in [1.82, 2.24) is 0 Å². The monoisotopic (exact) mass is 273 g/mol. The molecule has 0 fully saturated rings. The van der Waals surface area contributed by atoms with Gasteiger partial charge in [0.2, 0.25) is 0 Å². The summed E-state index contributed by atoms with van der Waals surface area (Å²) in [4.78, 5) is 11.1. The SMILES string of the molecule is CCOC(=O)CCc1ccc(OS(N)(=O)=O)cc1. The van der Waals surface area contributed by atoms with Gasteiger partial charge in [-0.2, -0.15) is 13.6 Å². The summed E-state index contributed by atoms with van der Waals surface area (Å²) in [5.74, 6) is -0.125. The Kier molecular flexibility index (Phi) is 5.11. The van der Waals surface area contributed by atoms with E-state index in [1.165, 1.54) is 12.1 Å². The average molecular weight is 273 g/mol. The second-order valence-electron chi connectivity index (χ2n) is 3.53. The number of ether oxygens (including phenoxy) is 1. The third-order valence-electron chi connectivity index (χ3n) is 2.06. The van der Waals surface area contributed by atoms with Crippen LogP contribution in [0.2, 0.25) is 0 Å². The van der Waals surface area contributed by atoms with Gasteiger partial charge in [-0.1, -0.05) is 12.1 Å². The summed E-state index contributed by atoms with van der Waals surface area (Å²) in [7, 11) is -4.00. The van der Waals surface area contributed by atoms with E-state index in [-0.39, 0.29) is 18.1 Å². The van der Waals surface area contributed by atoms with Gasteiger partial charge < -0.3 is 8.92 Å². The zero-order valence-corrected chi connectivity index (χ0v) is 10.8. The Morgan fingerprint density at radius 3 is 2.39 bits per heavy atom. The molecule has 2 N–H and O–H groups in total. The first kappa shape index (κ1) is 14.5. The first-order chi connectivity index (χ1) is 8.40. The zero-order valence-electron chi connectivity index (χ0n) is 9.96. The van der Waals surface area contributed by atoms with Crippen LogP contribution in [-0.2, 0) is 26.3 Å². The Labute approximate surface area is 106 Å². The molecule has 1 aromatic rings. The normalized spacial score (nSPS) is 11.0. The maximum Gasteiger partial charge on any atom is 0.380 e. The molecule has 0 heterocycles. The Morgan fingerprint density at radius 1 is 1.28 bits per heavy atom. The van der Waals surface area contributed by atoms with Crippen molar-refractivity contribution < 1.29 is 22.1 Å². The number of aryl methyl sites for hydroxylation is 1. The van der Waals surface area contributed by atoms with E-state index in [1.807, 2.05) is 0 Å². The van der Waals surface area contributed by atoms with Gasteiger partial charge in [0, 0.05) is 6.42 Å². The third kappa shape index (κ3) is 5.65. The number of carbonyl (C=O) groups is 1. The van der Waals surface area contributed by atoms with Crippen LogP contribution in [0.4, 0.5) is 0 Å². The molecule has 0 saturated carbocycles. The maximum atomic E-state index is 11.1. The molecular formula is C11H15NO5S. The van der Waals surface area contributed by atoms with Crippen molar-refractivity contribution in [1.29, 1.82) is 0 Å². The van der Waals surface area contributed by atoms with Crippen molar-refractivity contribution in [3.05, 3.63) is 29.8 Å². The second-order valence-corrected chi connectivity index (χ2v) is 4.68. The van der Waals surface area contributed by atoms with E-state index in [9.17, 15) is 13.2 Å². The molecular weight excluding hydrogens is 258 g/mol. The number of nitrogens with two attached hydrogens (primary N) is 1. The lowest BCUT2D eigenvalue weighted by molar-refractivity contribution is -0.143. The van der Waals surface area contributed by atoms with E-state index < -0.39 is 10.3 Å². The Morgan fingerprint density at radius 2 is 1.89 bits per heavy atom. The van der Waals surface area contributed by atoms with E-state index >= 15 is 0 Å². The molecule has 0 bridgehead atoms. The Balaban J connectivity index is 2.53. The molecule has 0 aliphatic rings. The second kappa shape index (κ2) is 6.36. The minimum Gasteiger partial charge on any atom is -0.466 e. The minimum atomic E-state index is -4.00. The van der Waals surface area contributed by atoms with Gasteiger partial charge in [-0.15, -0.1) is 0 Å². The molecule has 0 aromatic heterocycles. The lowest BCUT2D eigenvalue weighted by atomic mass is 10.1. The van der Waals surface area contributed by atoms with Gasteiger partial charge in [-0.05, 0) is 31.0 Å². The van der Waals surface area contributed by atoms with Gasteiger partial charge in [-0.3, -0.25) is 4.79 Å². The molecule has 0 aliphatic carbocycles. The molecule has 0 spiro atoms. The van der Waals surface area contributed by atoms with E-state index in [0.29, 0.717) is 13.0 Å². The molecule has 0 radical (unpaired) electrons. The quantitative estimate of drug-likeness (QED) is 0.772. The van der Waals surface area contributed by atoms with Gasteiger partial charge >= 0.3 is 16.3 Å². The largest absolute Gasteiger partial charge is 0.466 e. The van der Waals surface area contributed by atoms with Gasteiger partial charge in [-0.25, -0.2) is 0 Å². The highest BCUT2D eigenvalue weighted by molar-refractivity contribution is 7.84. The fourth-order valence-electron chi connectivity index (χ4n) is 1.33. The highest BCUT2D eigenvalue weighted by Crippen LogP contribution is 2.14. The van der Waals surface area contributed by atoms with Crippen LogP contribution >= 0.6 is 0 Å². The lowest BCUT2D eigenvalue weighted by Gasteiger charge is -2.04. The standard InChI is InChI=1S/C11H15NO5S/c1-2-16-11(13)8-5-9-3-6-10(7-4-9)17-18(12,14)15/h3-4,6-7H,2,5,8H2,1H3,(H2,12,14,15). The Hall–Kier alpha value is -1.60. The molecule has 0 saturated heterocycles. The van der Waals surface area contributed by atoms with E-state index in [1.54, 1.807) is 19.1 Å². The molecule has 0 atom stereocenters. The predicted molar refractivity (Wildman–Crippen MR) is 65.1 cm³/mol. The van der Waals surface area contributed by atoms with Crippen molar-refractivity contribution in [2.45, 2.75) is 19.8 Å². The number of rotatable bonds is 6. The fraction of sp³-hybridized carbons (Fsp3) is 0.364. The molecule has 0 unspecified atom stereocenters. The van der Waals surface area contributed by atoms with Crippen LogP contribution in [-0.4, -0.2) is 21.0 Å². The summed E-state index contributed by atoms with van der Waals surface area (Å²) in [6.07, 6.45) is 0.803. The third-order valence-corrected chi connectivity index (χ3v) is 2.48. The number of carbonyl (C=O) groups excluding carboxylic acids is 1. The molecule has 0 aliphatic heterocycles. The van der Waals surface area contributed by atoms with Crippen LogP contribution in [0.1, 0.15) is 18.9 Å². The smallest absolute Gasteiger partial charge is 0.380 e. The van der Waals surface area contributed by atoms with Crippen LogP contribution in [0.5, 0.6) is 5.75 Å². The molecule has 1 rings (SSSR count). The fourth-order valence-corrected chi connectivity index (χ4v) is 1.70.